The molecular formula is C4H3F2NO. The third-order valence-electron chi connectivity index (χ3n) is 0.583. The fraction of sp³-hybridized carbons (Fsp3) is 0.500. The third kappa shape index (κ3) is 1.26. The number of halogens is 2. The normalized spacial score (nSPS) is 10.2. The molecule has 0 aliphatic heterocycles. The van der Waals surface area contributed by atoms with Crippen LogP contribution in [0, 0.1) is 11.3 Å². The number of carbonyl (C=O) groups is 1. The number of hydrogen-bond donors (Lipinski definition) is 0. The summed E-state index contributed by atoms with van der Waals surface area (Å²) in [6.45, 7) is 0.670. The second-order valence-electron chi connectivity index (χ2n) is 1.24. The maximum absolute atomic E-state index is 11.6. The van der Waals surface area contributed by atoms with Crippen LogP contribution in [0.3, 0.4) is 0 Å². The standard InChI is InChI=1S/C4H3F2NO/c1-3(8)4(5,6)2-7/h1H3. The number of rotatable bonds is 1. The molecule has 0 aliphatic rings. The number of carbonyl (C=O) groups excluding carboxylic acids is 1. The Hall–Kier alpha value is -0.980. The van der Waals surface area contributed by atoms with E-state index in [0.29, 0.717) is 13.0 Å². The van der Waals surface area contributed by atoms with Crippen LogP contribution in [-0.2, 0) is 4.79 Å². The van der Waals surface area contributed by atoms with Gasteiger partial charge < -0.3 is 0 Å². The van der Waals surface area contributed by atoms with E-state index >= 15 is 0 Å². The van der Waals surface area contributed by atoms with Gasteiger partial charge in [-0.1, -0.05) is 0 Å². The number of ketones is 1. The van der Waals surface area contributed by atoms with E-state index in [1.54, 1.807) is 0 Å². The van der Waals surface area contributed by atoms with Crippen molar-refractivity contribution in [1.82, 2.24) is 0 Å². The van der Waals surface area contributed by atoms with Crippen LogP contribution in [-0.4, -0.2) is 11.7 Å². The lowest BCUT2D eigenvalue weighted by Crippen LogP contribution is -2.22. The number of nitriles is 1. The molecule has 0 saturated carbocycles. The van der Waals surface area contributed by atoms with Gasteiger partial charge in [-0.15, -0.1) is 0 Å². The first-order chi connectivity index (χ1) is 3.50. The van der Waals surface area contributed by atoms with Gasteiger partial charge in [0.2, 0.25) is 5.78 Å². The quantitative estimate of drug-likeness (QED) is 0.510. The Morgan fingerprint density at radius 1 is 1.75 bits per heavy atom. The first kappa shape index (κ1) is 7.02. The molecule has 0 rings (SSSR count). The lowest BCUT2D eigenvalue weighted by molar-refractivity contribution is -0.133. The minimum absolute atomic E-state index is 0.558. The van der Waals surface area contributed by atoms with Gasteiger partial charge in [0.05, 0.1) is 0 Å². The highest BCUT2D eigenvalue weighted by Gasteiger charge is 2.34. The molecular weight excluding hydrogens is 116 g/mol. The van der Waals surface area contributed by atoms with Crippen LogP contribution in [0.25, 0.3) is 0 Å². The molecule has 0 bridgehead atoms. The van der Waals surface area contributed by atoms with Crippen molar-refractivity contribution >= 4 is 5.78 Å². The Balaban J connectivity index is 4.19. The maximum atomic E-state index is 11.6. The summed E-state index contributed by atoms with van der Waals surface area (Å²) in [4.78, 5) is 9.72. The summed E-state index contributed by atoms with van der Waals surface area (Å²) >= 11 is 0. The van der Waals surface area contributed by atoms with Crippen LogP contribution in [0.4, 0.5) is 8.78 Å². The molecule has 0 N–H and O–H groups in total. The molecule has 4 heteroatoms. The smallest absolute Gasteiger partial charge is 0.292 e. The van der Waals surface area contributed by atoms with Crippen LogP contribution < -0.4 is 0 Å². The molecule has 0 saturated heterocycles. The lowest BCUT2D eigenvalue weighted by atomic mass is 10.3. The molecule has 0 amide bonds. The predicted molar refractivity (Wildman–Crippen MR) is 21.2 cm³/mol. The van der Waals surface area contributed by atoms with Gasteiger partial charge in [-0.25, -0.2) is 0 Å². The fourth-order valence-corrected chi connectivity index (χ4v) is 0.0787. The van der Waals surface area contributed by atoms with Crippen molar-refractivity contribution in [3.63, 3.8) is 0 Å². The van der Waals surface area contributed by atoms with Crippen LogP contribution in [0.5, 0.6) is 0 Å². The molecule has 0 aromatic rings. The lowest BCUT2D eigenvalue weighted by Gasteiger charge is -1.97. The first-order valence-corrected chi connectivity index (χ1v) is 1.81. The van der Waals surface area contributed by atoms with Crippen LogP contribution in [0.2, 0.25) is 0 Å². The highest BCUT2D eigenvalue weighted by molar-refractivity contribution is 5.85. The molecule has 2 nitrogen and oxygen atoms in total. The summed E-state index contributed by atoms with van der Waals surface area (Å²) in [6.07, 6.45) is 0. The topological polar surface area (TPSA) is 40.9 Å². The van der Waals surface area contributed by atoms with Crippen molar-refractivity contribution in [2.75, 3.05) is 0 Å². The van der Waals surface area contributed by atoms with E-state index in [0.717, 1.165) is 0 Å². The van der Waals surface area contributed by atoms with E-state index in [4.69, 9.17) is 5.26 Å². The van der Waals surface area contributed by atoms with Gasteiger partial charge in [0.1, 0.15) is 6.07 Å². The van der Waals surface area contributed by atoms with Crippen molar-refractivity contribution in [2.24, 2.45) is 0 Å². The summed E-state index contributed by atoms with van der Waals surface area (Å²) in [7, 11) is 0. The van der Waals surface area contributed by atoms with Crippen molar-refractivity contribution in [1.29, 1.82) is 5.26 Å². The number of alkyl halides is 2. The van der Waals surface area contributed by atoms with E-state index < -0.39 is 11.7 Å². The van der Waals surface area contributed by atoms with Gasteiger partial charge in [0, 0.05) is 6.92 Å². The largest absolute Gasteiger partial charge is 0.389 e. The maximum Gasteiger partial charge on any atom is 0.389 e. The molecule has 0 aromatic carbocycles. The summed E-state index contributed by atoms with van der Waals surface area (Å²) in [5.74, 6) is -5.21. The average Bonchev–Trinajstić information content (AvgIpc) is 1.67. The predicted octanol–water partition coefficient (Wildman–Crippen LogP) is 0.734. The summed E-state index contributed by atoms with van der Waals surface area (Å²) in [6, 6.07) is 0.558. The zero-order valence-electron chi connectivity index (χ0n) is 4.11. The Bertz CT molecular complexity index is 147. The molecule has 0 aromatic heterocycles. The average molecular weight is 119 g/mol. The van der Waals surface area contributed by atoms with E-state index in [2.05, 4.69) is 0 Å². The van der Waals surface area contributed by atoms with Crippen LogP contribution in [0.1, 0.15) is 6.92 Å². The molecule has 0 radical (unpaired) electrons. The number of nitrogens with zero attached hydrogens (tertiary/aromatic N) is 1. The fourth-order valence-electron chi connectivity index (χ4n) is 0.0787. The Labute approximate surface area is 44.7 Å². The highest BCUT2D eigenvalue weighted by Crippen LogP contribution is 2.11. The van der Waals surface area contributed by atoms with Gasteiger partial charge in [0.25, 0.3) is 0 Å². The van der Waals surface area contributed by atoms with Gasteiger partial charge in [-0.3, -0.25) is 4.79 Å². The first-order valence-electron chi connectivity index (χ1n) is 1.81. The Morgan fingerprint density at radius 2 is 2.12 bits per heavy atom. The monoisotopic (exact) mass is 119 g/mol. The van der Waals surface area contributed by atoms with E-state index in [1.807, 2.05) is 0 Å². The molecule has 0 aliphatic carbocycles. The number of Topliss-reactive ketones (excluding diaryl/α,β-unsaturated/α-hetero) is 1. The molecule has 0 atom stereocenters. The van der Waals surface area contributed by atoms with Crippen molar-refractivity contribution < 1.29 is 13.6 Å². The summed E-state index contributed by atoms with van der Waals surface area (Å²) < 4.78 is 23.1. The Morgan fingerprint density at radius 3 is 2.12 bits per heavy atom. The zero-order valence-corrected chi connectivity index (χ0v) is 4.11. The van der Waals surface area contributed by atoms with Crippen LogP contribution in [0.15, 0.2) is 0 Å². The van der Waals surface area contributed by atoms with Crippen molar-refractivity contribution in [2.45, 2.75) is 12.8 Å². The van der Waals surface area contributed by atoms with E-state index in [-0.39, 0.29) is 0 Å². The van der Waals surface area contributed by atoms with Crippen molar-refractivity contribution in [3.8, 4) is 6.07 Å². The molecule has 44 valence electrons. The van der Waals surface area contributed by atoms with E-state index in [1.165, 1.54) is 0 Å². The van der Waals surface area contributed by atoms with E-state index in [9.17, 15) is 13.6 Å². The summed E-state index contributed by atoms with van der Waals surface area (Å²) in [5, 5.41) is 7.54. The SMILES string of the molecule is CC(=O)C(F)(F)C#N. The summed E-state index contributed by atoms with van der Waals surface area (Å²) in [5.41, 5.74) is 0. The van der Waals surface area contributed by atoms with Gasteiger partial charge in [0.15, 0.2) is 0 Å². The Kier molecular flexibility index (Phi) is 1.64. The molecule has 0 spiro atoms. The number of hydrogen-bond acceptors (Lipinski definition) is 2. The zero-order chi connectivity index (χ0) is 6.78. The van der Waals surface area contributed by atoms with Crippen molar-refractivity contribution in [3.05, 3.63) is 0 Å². The molecule has 0 fully saturated rings. The van der Waals surface area contributed by atoms with Crippen LogP contribution >= 0.6 is 0 Å². The van der Waals surface area contributed by atoms with Gasteiger partial charge in [-0.05, 0) is 0 Å². The minimum atomic E-state index is -3.79. The minimum Gasteiger partial charge on any atom is -0.292 e. The molecule has 0 unspecified atom stereocenters. The van der Waals surface area contributed by atoms with Gasteiger partial charge >= 0.3 is 5.92 Å². The highest BCUT2D eigenvalue weighted by atomic mass is 19.3. The van der Waals surface area contributed by atoms with Gasteiger partial charge in [-0.2, -0.15) is 14.0 Å². The molecule has 0 heterocycles. The third-order valence-corrected chi connectivity index (χ3v) is 0.583. The molecule has 8 heavy (non-hydrogen) atoms. The second-order valence-corrected chi connectivity index (χ2v) is 1.24. The second kappa shape index (κ2) is 1.86.